The molecule has 0 aliphatic rings. The van der Waals surface area contributed by atoms with E-state index in [9.17, 15) is 4.21 Å². The Balaban J connectivity index is 2.57. The Kier molecular flexibility index (Phi) is 3.58. The van der Waals surface area contributed by atoms with Crippen LogP contribution in [-0.4, -0.2) is 14.6 Å². The van der Waals surface area contributed by atoms with Crippen LogP contribution in [-0.2, 0) is 11.1 Å². The molecule has 0 spiro atoms. The molecular formula is C7H9NO2S2. The number of hydrogen-bond donors (Lipinski definition) is 3. The fourth-order valence-corrected chi connectivity index (χ4v) is 1.28. The quantitative estimate of drug-likeness (QED) is 0.516. The lowest BCUT2D eigenvalue weighted by atomic mass is 10.3. The van der Waals surface area contributed by atoms with E-state index in [4.69, 9.17) is 4.55 Å². The van der Waals surface area contributed by atoms with Crippen molar-refractivity contribution >= 4 is 29.4 Å². The van der Waals surface area contributed by atoms with Gasteiger partial charge in [-0.25, -0.2) is 4.21 Å². The lowest BCUT2D eigenvalue weighted by molar-refractivity contribution is 0.566. The summed E-state index contributed by atoms with van der Waals surface area (Å²) in [5.74, 6) is 0.0389. The first-order valence-electron chi connectivity index (χ1n) is 3.29. The second-order valence-electron chi connectivity index (χ2n) is 2.19. The number of anilines is 1. The summed E-state index contributed by atoms with van der Waals surface area (Å²) in [4.78, 5) is 0.823. The lowest BCUT2D eigenvalue weighted by Gasteiger charge is -2.02. The summed E-state index contributed by atoms with van der Waals surface area (Å²) in [5.41, 5.74) is 0.796. The van der Waals surface area contributed by atoms with Gasteiger partial charge in [-0.1, -0.05) is 6.07 Å². The summed E-state index contributed by atoms with van der Waals surface area (Å²) in [6.45, 7) is 0. The summed E-state index contributed by atoms with van der Waals surface area (Å²) >= 11 is 2.31. The molecule has 0 bridgehead atoms. The molecule has 0 aliphatic carbocycles. The Morgan fingerprint density at radius 2 is 2.33 bits per heavy atom. The molecule has 0 aromatic heterocycles. The van der Waals surface area contributed by atoms with E-state index < -0.39 is 11.1 Å². The van der Waals surface area contributed by atoms with Crippen LogP contribution >= 0.6 is 12.6 Å². The van der Waals surface area contributed by atoms with Crippen LogP contribution in [0.1, 0.15) is 0 Å². The first kappa shape index (κ1) is 9.57. The maximum atomic E-state index is 10.3. The first-order valence-corrected chi connectivity index (χ1v) is 5.01. The predicted octanol–water partition coefficient (Wildman–Crippen LogP) is 1.57. The van der Waals surface area contributed by atoms with Gasteiger partial charge in [0, 0.05) is 10.6 Å². The topological polar surface area (TPSA) is 49.3 Å². The highest BCUT2D eigenvalue weighted by Crippen LogP contribution is 2.12. The van der Waals surface area contributed by atoms with Crippen LogP contribution in [0.5, 0.6) is 0 Å². The second kappa shape index (κ2) is 4.49. The van der Waals surface area contributed by atoms with Gasteiger partial charge in [0.05, 0.1) is 0 Å². The summed E-state index contributed by atoms with van der Waals surface area (Å²) in [7, 11) is 0. The maximum absolute atomic E-state index is 10.3. The number of rotatable bonds is 3. The summed E-state index contributed by atoms with van der Waals surface area (Å²) in [6.07, 6.45) is 0. The molecule has 0 aliphatic heterocycles. The normalized spacial score (nSPS) is 12.5. The van der Waals surface area contributed by atoms with Crippen molar-refractivity contribution in [3.63, 3.8) is 0 Å². The molecule has 0 saturated heterocycles. The van der Waals surface area contributed by atoms with E-state index in [0.717, 1.165) is 10.6 Å². The van der Waals surface area contributed by atoms with Gasteiger partial charge in [0.25, 0.3) is 0 Å². The molecular weight excluding hydrogens is 194 g/mol. The maximum Gasteiger partial charge on any atom is 0.172 e. The molecule has 1 rings (SSSR count). The predicted molar refractivity (Wildman–Crippen MR) is 53.0 cm³/mol. The van der Waals surface area contributed by atoms with Crippen molar-refractivity contribution in [2.75, 3.05) is 11.2 Å². The van der Waals surface area contributed by atoms with E-state index in [1.165, 1.54) is 0 Å². The number of thiol groups is 1. The highest BCUT2D eigenvalue weighted by molar-refractivity contribution is 7.80. The third-order valence-electron chi connectivity index (χ3n) is 1.25. The monoisotopic (exact) mass is 203 g/mol. The van der Waals surface area contributed by atoms with E-state index in [0.29, 0.717) is 0 Å². The Morgan fingerprint density at radius 1 is 1.58 bits per heavy atom. The molecule has 0 heterocycles. The van der Waals surface area contributed by atoms with Crippen LogP contribution < -0.4 is 5.32 Å². The van der Waals surface area contributed by atoms with Gasteiger partial charge in [-0.2, -0.15) is 0 Å². The lowest BCUT2D eigenvalue weighted by Crippen LogP contribution is -2.06. The van der Waals surface area contributed by atoms with Crippen molar-refractivity contribution in [2.24, 2.45) is 0 Å². The van der Waals surface area contributed by atoms with Crippen LogP contribution in [0.4, 0.5) is 5.69 Å². The number of hydrogen-bond acceptors (Lipinski definition) is 3. The molecule has 1 aromatic carbocycles. The van der Waals surface area contributed by atoms with E-state index in [-0.39, 0.29) is 5.88 Å². The molecule has 0 radical (unpaired) electrons. The molecule has 5 heteroatoms. The van der Waals surface area contributed by atoms with Crippen LogP contribution in [0.15, 0.2) is 29.2 Å². The molecule has 0 amide bonds. The third kappa shape index (κ3) is 3.25. The van der Waals surface area contributed by atoms with E-state index in [1.807, 2.05) is 18.2 Å². The average Bonchev–Trinajstić information content (AvgIpc) is 2.01. The Morgan fingerprint density at radius 3 is 2.92 bits per heavy atom. The summed E-state index contributed by atoms with van der Waals surface area (Å²) in [6, 6.07) is 7.26. The van der Waals surface area contributed by atoms with Gasteiger partial charge in [-0.15, -0.1) is 12.6 Å². The van der Waals surface area contributed by atoms with Gasteiger partial charge in [0.2, 0.25) is 0 Å². The molecule has 0 fully saturated rings. The van der Waals surface area contributed by atoms with E-state index in [2.05, 4.69) is 17.9 Å². The molecule has 66 valence electrons. The Hall–Kier alpha value is -0.520. The fraction of sp³-hybridized carbons (Fsp3) is 0.143. The Bertz CT molecular complexity index is 290. The molecule has 0 saturated carbocycles. The van der Waals surface area contributed by atoms with E-state index in [1.54, 1.807) is 6.07 Å². The van der Waals surface area contributed by atoms with Gasteiger partial charge in [0.15, 0.2) is 11.1 Å². The minimum atomic E-state index is -1.81. The summed E-state index contributed by atoms with van der Waals surface area (Å²) in [5, 5.41) is 2.79. The molecule has 1 unspecified atom stereocenters. The van der Waals surface area contributed by atoms with Crippen molar-refractivity contribution in [3.8, 4) is 0 Å². The van der Waals surface area contributed by atoms with Gasteiger partial charge in [-0.05, 0) is 18.2 Å². The second-order valence-corrected chi connectivity index (χ2v) is 3.64. The largest absolute Gasteiger partial charge is 0.372 e. The van der Waals surface area contributed by atoms with Crippen molar-refractivity contribution in [1.82, 2.24) is 0 Å². The minimum Gasteiger partial charge on any atom is -0.372 e. The first-order chi connectivity index (χ1) is 5.68. The van der Waals surface area contributed by atoms with Crippen LogP contribution in [0.3, 0.4) is 0 Å². The van der Waals surface area contributed by atoms with E-state index >= 15 is 0 Å². The molecule has 1 aromatic rings. The van der Waals surface area contributed by atoms with Crippen molar-refractivity contribution in [2.45, 2.75) is 4.90 Å². The van der Waals surface area contributed by atoms with Crippen molar-refractivity contribution < 1.29 is 8.76 Å². The Labute approximate surface area is 78.9 Å². The SMILES string of the molecule is O=S(O)CNc1cccc(S)c1. The molecule has 1 atom stereocenters. The van der Waals surface area contributed by atoms with Gasteiger partial charge >= 0.3 is 0 Å². The van der Waals surface area contributed by atoms with Crippen LogP contribution in [0.2, 0.25) is 0 Å². The smallest absolute Gasteiger partial charge is 0.172 e. The third-order valence-corrected chi connectivity index (χ3v) is 1.92. The van der Waals surface area contributed by atoms with Gasteiger partial charge in [0.1, 0.15) is 5.88 Å². The van der Waals surface area contributed by atoms with Crippen molar-refractivity contribution in [1.29, 1.82) is 0 Å². The summed E-state index contributed by atoms with van der Waals surface area (Å²) < 4.78 is 18.8. The van der Waals surface area contributed by atoms with Gasteiger partial charge < -0.3 is 9.87 Å². The average molecular weight is 203 g/mol. The number of nitrogens with one attached hydrogen (secondary N) is 1. The minimum absolute atomic E-state index is 0.0389. The van der Waals surface area contributed by atoms with Crippen LogP contribution in [0.25, 0.3) is 0 Å². The molecule has 3 nitrogen and oxygen atoms in total. The molecule has 12 heavy (non-hydrogen) atoms. The standard InChI is InChI=1S/C7H9NO2S2/c9-12(10)5-8-6-2-1-3-7(11)4-6/h1-4,8,11H,5H2,(H,9,10). The zero-order chi connectivity index (χ0) is 8.97. The van der Waals surface area contributed by atoms with Gasteiger partial charge in [-0.3, -0.25) is 0 Å². The molecule has 2 N–H and O–H groups in total. The van der Waals surface area contributed by atoms with Crippen LogP contribution in [0, 0.1) is 0 Å². The number of benzene rings is 1. The fourth-order valence-electron chi connectivity index (χ4n) is 0.761. The zero-order valence-electron chi connectivity index (χ0n) is 6.23. The zero-order valence-corrected chi connectivity index (χ0v) is 7.94. The van der Waals surface area contributed by atoms with Crippen molar-refractivity contribution in [3.05, 3.63) is 24.3 Å². The highest BCUT2D eigenvalue weighted by Gasteiger charge is 1.94. The highest BCUT2D eigenvalue weighted by atomic mass is 32.2.